The minimum absolute atomic E-state index is 0.142. The first-order valence-corrected chi connectivity index (χ1v) is 18.6. The molecule has 0 spiro atoms. The van der Waals surface area contributed by atoms with Crippen molar-refractivity contribution in [1.29, 1.82) is 0 Å². The topological polar surface area (TPSA) is 174 Å². The SMILES string of the molecule is COC(=O)C(Cc1ccccc1)NC(=O)C=Cc1ccc(OC2CC2CN)c2c1C(C(=O)NC(Cc1ccccc1)C(=O)OC)C(c1ccc(OC)c(OC)c1)O2. The number of benzene rings is 4. The molecule has 57 heavy (non-hydrogen) atoms. The van der Waals surface area contributed by atoms with Crippen molar-refractivity contribution in [1.82, 2.24) is 10.6 Å². The lowest BCUT2D eigenvalue weighted by Gasteiger charge is -2.23. The van der Waals surface area contributed by atoms with Gasteiger partial charge >= 0.3 is 11.9 Å². The summed E-state index contributed by atoms with van der Waals surface area (Å²) in [7, 11) is 5.56. The Kier molecular flexibility index (Phi) is 13.1. The van der Waals surface area contributed by atoms with Crippen molar-refractivity contribution in [2.75, 3.05) is 35.0 Å². The molecule has 2 aliphatic rings. The summed E-state index contributed by atoms with van der Waals surface area (Å²) in [5.74, 6) is -1.63. The Labute approximate surface area is 331 Å². The highest BCUT2D eigenvalue weighted by atomic mass is 16.5. The number of fused-ring (bicyclic) bond motifs is 1. The van der Waals surface area contributed by atoms with Crippen LogP contribution in [0.5, 0.6) is 23.0 Å². The number of methoxy groups -OCH3 is 4. The predicted molar refractivity (Wildman–Crippen MR) is 211 cm³/mol. The van der Waals surface area contributed by atoms with Gasteiger partial charge in [-0.05, 0) is 59.5 Å². The van der Waals surface area contributed by atoms with Crippen LogP contribution in [0.25, 0.3) is 6.08 Å². The quantitative estimate of drug-likeness (QED) is 0.102. The Balaban J connectivity index is 1.40. The zero-order valence-corrected chi connectivity index (χ0v) is 32.3. The van der Waals surface area contributed by atoms with Crippen molar-refractivity contribution < 1.29 is 47.6 Å². The molecule has 4 aromatic carbocycles. The predicted octanol–water partition coefficient (Wildman–Crippen LogP) is 4.46. The van der Waals surface area contributed by atoms with Crippen LogP contribution in [0.15, 0.2) is 97.1 Å². The van der Waals surface area contributed by atoms with Gasteiger partial charge in [0, 0.05) is 30.4 Å². The Morgan fingerprint density at radius 2 is 1.37 bits per heavy atom. The minimum Gasteiger partial charge on any atom is -0.493 e. The fourth-order valence-corrected chi connectivity index (χ4v) is 6.97. The molecule has 4 N–H and O–H groups in total. The van der Waals surface area contributed by atoms with E-state index in [1.807, 2.05) is 60.7 Å². The maximum atomic E-state index is 14.8. The first-order valence-electron chi connectivity index (χ1n) is 18.6. The Morgan fingerprint density at radius 3 is 1.93 bits per heavy atom. The number of nitrogens with one attached hydrogen (secondary N) is 2. The summed E-state index contributed by atoms with van der Waals surface area (Å²) in [6.45, 7) is 0.454. The Morgan fingerprint density at radius 1 is 0.772 bits per heavy atom. The molecule has 1 aliphatic carbocycles. The maximum absolute atomic E-state index is 14.8. The Hall–Kier alpha value is -6.34. The van der Waals surface area contributed by atoms with Gasteiger partial charge in [0.2, 0.25) is 11.8 Å². The molecule has 0 aromatic heterocycles. The van der Waals surface area contributed by atoms with Gasteiger partial charge in [-0.3, -0.25) is 9.59 Å². The molecule has 0 radical (unpaired) electrons. The number of carbonyl (C=O) groups is 4. The number of ether oxygens (including phenoxy) is 6. The summed E-state index contributed by atoms with van der Waals surface area (Å²) < 4.78 is 34.3. The lowest BCUT2D eigenvalue weighted by molar-refractivity contribution is -0.145. The third-order valence-electron chi connectivity index (χ3n) is 10.1. The average molecular weight is 778 g/mol. The van der Waals surface area contributed by atoms with E-state index >= 15 is 0 Å². The molecule has 13 heteroatoms. The molecule has 0 bridgehead atoms. The molecule has 13 nitrogen and oxygen atoms in total. The molecule has 6 rings (SSSR count). The summed E-state index contributed by atoms with van der Waals surface area (Å²) in [5.41, 5.74) is 9.06. The van der Waals surface area contributed by atoms with Crippen molar-refractivity contribution in [3.63, 3.8) is 0 Å². The monoisotopic (exact) mass is 777 g/mol. The van der Waals surface area contributed by atoms with E-state index in [1.54, 1.807) is 36.4 Å². The molecule has 6 atom stereocenters. The second-order valence-electron chi connectivity index (χ2n) is 13.8. The number of amides is 2. The second-order valence-corrected chi connectivity index (χ2v) is 13.8. The normalized spacial score (nSPS) is 19.0. The van der Waals surface area contributed by atoms with Crippen molar-refractivity contribution in [3.05, 3.63) is 125 Å². The van der Waals surface area contributed by atoms with Crippen LogP contribution in [0.1, 0.15) is 46.3 Å². The van der Waals surface area contributed by atoms with Crippen LogP contribution >= 0.6 is 0 Å². The number of hydrogen-bond donors (Lipinski definition) is 3. The minimum atomic E-state index is -1.07. The zero-order valence-electron chi connectivity index (χ0n) is 32.3. The van der Waals surface area contributed by atoms with Crippen LogP contribution in [0.2, 0.25) is 0 Å². The molecule has 4 aromatic rings. The summed E-state index contributed by atoms with van der Waals surface area (Å²) in [5, 5.41) is 5.68. The number of rotatable bonds is 17. The van der Waals surface area contributed by atoms with E-state index in [1.165, 1.54) is 34.5 Å². The fraction of sp³-hybridized carbons (Fsp3) is 0.318. The van der Waals surface area contributed by atoms with E-state index in [2.05, 4.69) is 10.6 Å². The molecule has 298 valence electrons. The van der Waals surface area contributed by atoms with E-state index in [0.717, 1.165) is 17.5 Å². The third-order valence-corrected chi connectivity index (χ3v) is 10.1. The van der Waals surface area contributed by atoms with Crippen molar-refractivity contribution in [2.24, 2.45) is 11.7 Å². The van der Waals surface area contributed by atoms with Gasteiger partial charge in [-0.1, -0.05) is 72.8 Å². The van der Waals surface area contributed by atoms with Gasteiger partial charge in [-0.2, -0.15) is 0 Å². The number of nitrogens with two attached hydrogens (primary N) is 1. The van der Waals surface area contributed by atoms with E-state index in [9.17, 15) is 19.2 Å². The van der Waals surface area contributed by atoms with E-state index in [0.29, 0.717) is 46.2 Å². The van der Waals surface area contributed by atoms with Crippen LogP contribution in [-0.2, 0) is 41.5 Å². The van der Waals surface area contributed by atoms with Crippen molar-refractivity contribution >= 4 is 29.8 Å². The standard InChI is InChI=1S/C44H47N3O10/c1-52-33-18-16-29(23-36(33)53-2)40-39(42(49)47-32(44(51)55-4)22-27-13-9-6-10-14-27)38-28(15-19-34(41(38)57-40)56-35-24-30(35)25-45)17-20-37(48)46-31(43(50)54-3)21-26-11-7-5-8-12-26/h5-20,23,30-32,35,39-40H,21-22,24-25,45H2,1-4H3,(H,46,48)(H,47,49). The largest absolute Gasteiger partial charge is 0.493 e. The lowest BCUT2D eigenvalue weighted by Crippen LogP contribution is -2.45. The summed E-state index contributed by atoms with van der Waals surface area (Å²) in [4.78, 5) is 54.1. The van der Waals surface area contributed by atoms with Gasteiger partial charge in [-0.25, -0.2) is 9.59 Å². The van der Waals surface area contributed by atoms with Gasteiger partial charge in [0.1, 0.15) is 30.2 Å². The molecule has 1 saturated carbocycles. The van der Waals surface area contributed by atoms with Crippen LogP contribution in [0.3, 0.4) is 0 Å². The fourth-order valence-electron chi connectivity index (χ4n) is 6.97. The first-order chi connectivity index (χ1) is 27.7. The maximum Gasteiger partial charge on any atom is 0.328 e. The number of esters is 2. The highest BCUT2D eigenvalue weighted by Crippen LogP contribution is 2.54. The van der Waals surface area contributed by atoms with Crippen molar-refractivity contribution in [2.45, 2.75) is 49.5 Å². The summed E-state index contributed by atoms with van der Waals surface area (Å²) >= 11 is 0. The van der Waals surface area contributed by atoms with Gasteiger partial charge in [-0.15, -0.1) is 0 Å². The number of carbonyl (C=O) groups excluding carboxylic acids is 4. The number of hydrogen-bond acceptors (Lipinski definition) is 11. The lowest BCUT2D eigenvalue weighted by atomic mass is 9.86. The Bertz CT molecular complexity index is 2090. The van der Waals surface area contributed by atoms with E-state index < -0.39 is 47.9 Å². The summed E-state index contributed by atoms with van der Waals surface area (Å²) in [6, 6.07) is 25.2. The van der Waals surface area contributed by atoms with Gasteiger partial charge in [0.25, 0.3) is 0 Å². The second kappa shape index (κ2) is 18.5. The highest BCUT2D eigenvalue weighted by molar-refractivity contribution is 5.96. The van der Waals surface area contributed by atoms with Crippen LogP contribution in [-0.4, -0.2) is 76.9 Å². The molecule has 1 fully saturated rings. The molecular formula is C44H47N3O10. The average Bonchev–Trinajstić information content (AvgIpc) is 3.88. The van der Waals surface area contributed by atoms with Gasteiger partial charge in [0.15, 0.2) is 23.0 Å². The third kappa shape index (κ3) is 9.55. The summed E-state index contributed by atoms with van der Waals surface area (Å²) in [6.07, 6.45) is 2.90. The van der Waals surface area contributed by atoms with Gasteiger partial charge in [0.05, 0.1) is 28.4 Å². The zero-order chi connectivity index (χ0) is 40.5. The van der Waals surface area contributed by atoms with E-state index in [-0.39, 0.29) is 24.9 Å². The molecule has 1 aliphatic heterocycles. The molecule has 2 amide bonds. The van der Waals surface area contributed by atoms with Crippen LogP contribution in [0, 0.1) is 5.92 Å². The molecule has 1 heterocycles. The van der Waals surface area contributed by atoms with Gasteiger partial charge < -0.3 is 44.8 Å². The highest BCUT2D eigenvalue weighted by Gasteiger charge is 2.46. The van der Waals surface area contributed by atoms with Crippen LogP contribution < -0.4 is 35.3 Å². The van der Waals surface area contributed by atoms with E-state index in [4.69, 9.17) is 34.2 Å². The first kappa shape index (κ1) is 40.3. The van der Waals surface area contributed by atoms with Crippen LogP contribution in [0.4, 0.5) is 0 Å². The van der Waals surface area contributed by atoms with Crippen molar-refractivity contribution in [3.8, 4) is 23.0 Å². The smallest absolute Gasteiger partial charge is 0.328 e. The molecular weight excluding hydrogens is 730 g/mol. The molecule has 6 unspecified atom stereocenters. The molecule has 0 saturated heterocycles.